The van der Waals surface area contributed by atoms with Crippen molar-refractivity contribution < 1.29 is 9.90 Å². The van der Waals surface area contributed by atoms with Gasteiger partial charge in [0.1, 0.15) is 5.75 Å². The van der Waals surface area contributed by atoms with Gasteiger partial charge in [-0.15, -0.1) is 0 Å². The van der Waals surface area contributed by atoms with Crippen molar-refractivity contribution >= 4 is 16.8 Å². The summed E-state index contributed by atoms with van der Waals surface area (Å²) < 4.78 is 0. The molecule has 0 saturated carbocycles. The first-order chi connectivity index (χ1) is 12.1. The Balaban J connectivity index is 1.49. The number of nitrogens with zero attached hydrogens (tertiary/aromatic N) is 1. The number of amides is 1. The van der Waals surface area contributed by atoms with Gasteiger partial charge in [0.05, 0.1) is 5.56 Å². The van der Waals surface area contributed by atoms with Crippen molar-refractivity contribution in [3.05, 3.63) is 65.4 Å². The zero-order valence-corrected chi connectivity index (χ0v) is 14.3. The van der Waals surface area contributed by atoms with Crippen LogP contribution in [0, 0.1) is 6.92 Å². The molecule has 4 heteroatoms. The van der Waals surface area contributed by atoms with Crippen LogP contribution in [0.2, 0.25) is 0 Å². The van der Waals surface area contributed by atoms with Crippen LogP contribution in [0.5, 0.6) is 5.75 Å². The van der Waals surface area contributed by atoms with Crippen molar-refractivity contribution in [1.29, 1.82) is 0 Å². The molecule has 0 bridgehead atoms. The van der Waals surface area contributed by atoms with Crippen LogP contribution in [0.15, 0.2) is 48.7 Å². The first-order valence-electron chi connectivity index (χ1n) is 8.78. The number of aromatic nitrogens is 1. The highest BCUT2D eigenvalue weighted by atomic mass is 16.3. The molecule has 1 fully saturated rings. The highest BCUT2D eigenvalue weighted by Crippen LogP contribution is 2.34. The lowest BCUT2D eigenvalue weighted by atomic mass is 9.89. The first kappa shape index (κ1) is 15.8. The lowest BCUT2D eigenvalue weighted by molar-refractivity contribution is 0.0710. The number of H-pyrrole nitrogens is 1. The van der Waals surface area contributed by atoms with Crippen molar-refractivity contribution in [2.75, 3.05) is 13.1 Å². The second-order valence-electron chi connectivity index (χ2n) is 6.88. The fourth-order valence-electron chi connectivity index (χ4n) is 3.82. The number of aromatic hydroxyl groups is 1. The number of hydrogen-bond acceptors (Lipinski definition) is 2. The van der Waals surface area contributed by atoms with E-state index in [0.717, 1.165) is 31.5 Å². The van der Waals surface area contributed by atoms with Gasteiger partial charge in [0.25, 0.3) is 5.91 Å². The number of hydrogen-bond donors (Lipinski definition) is 2. The van der Waals surface area contributed by atoms with Gasteiger partial charge in [0.15, 0.2) is 0 Å². The third-order valence-electron chi connectivity index (χ3n) is 5.23. The summed E-state index contributed by atoms with van der Waals surface area (Å²) in [5, 5.41) is 11.3. The van der Waals surface area contributed by atoms with E-state index in [0.29, 0.717) is 11.5 Å². The van der Waals surface area contributed by atoms with Crippen LogP contribution >= 0.6 is 0 Å². The minimum Gasteiger partial charge on any atom is -0.507 e. The number of para-hydroxylation sites is 1. The summed E-state index contributed by atoms with van der Waals surface area (Å²) in [5.41, 5.74) is 3.87. The number of aromatic amines is 1. The molecule has 25 heavy (non-hydrogen) atoms. The Kier molecular flexibility index (Phi) is 3.96. The number of fused-ring (bicyclic) bond motifs is 1. The Morgan fingerprint density at radius 3 is 2.68 bits per heavy atom. The number of phenols is 1. The largest absolute Gasteiger partial charge is 0.507 e. The quantitative estimate of drug-likeness (QED) is 0.738. The van der Waals surface area contributed by atoms with Crippen LogP contribution < -0.4 is 0 Å². The molecular formula is C21H22N2O2. The number of likely N-dealkylation sites (tertiary alicyclic amines) is 1. The van der Waals surface area contributed by atoms with Gasteiger partial charge in [0, 0.05) is 30.2 Å². The number of carbonyl (C=O) groups is 1. The number of benzene rings is 2. The molecule has 0 radical (unpaired) electrons. The smallest absolute Gasteiger partial charge is 0.257 e. The zero-order chi connectivity index (χ0) is 17.4. The molecule has 3 aromatic rings. The van der Waals surface area contributed by atoms with Gasteiger partial charge in [0.2, 0.25) is 0 Å². The topological polar surface area (TPSA) is 56.3 Å². The van der Waals surface area contributed by atoms with Crippen LogP contribution in [0.4, 0.5) is 0 Å². The average Bonchev–Trinajstić information content (AvgIpc) is 3.05. The lowest BCUT2D eigenvalue weighted by Gasteiger charge is -2.32. The Morgan fingerprint density at radius 2 is 1.92 bits per heavy atom. The molecule has 2 heterocycles. The molecule has 2 aromatic carbocycles. The van der Waals surface area contributed by atoms with Gasteiger partial charge in [-0.25, -0.2) is 0 Å². The SMILES string of the molecule is Cc1ccc(C(=O)N2CCC(c3c[nH]c4ccccc34)CC2)c(O)c1. The zero-order valence-electron chi connectivity index (χ0n) is 14.3. The van der Waals surface area contributed by atoms with Crippen molar-refractivity contribution in [2.45, 2.75) is 25.7 Å². The van der Waals surface area contributed by atoms with Gasteiger partial charge < -0.3 is 15.0 Å². The summed E-state index contributed by atoms with van der Waals surface area (Å²) >= 11 is 0. The molecule has 1 amide bonds. The van der Waals surface area contributed by atoms with E-state index in [1.54, 1.807) is 12.1 Å². The molecule has 0 aliphatic carbocycles. The van der Waals surface area contributed by atoms with Gasteiger partial charge in [-0.05, 0) is 55.0 Å². The molecule has 4 rings (SSSR count). The van der Waals surface area contributed by atoms with Crippen LogP contribution in [-0.2, 0) is 0 Å². The van der Waals surface area contributed by atoms with E-state index >= 15 is 0 Å². The van der Waals surface area contributed by atoms with E-state index in [1.165, 1.54) is 16.5 Å². The number of rotatable bonds is 2. The van der Waals surface area contributed by atoms with Gasteiger partial charge in [-0.2, -0.15) is 0 Å². The van der Waals surface area contributed by atoms with Crippen LogP contribution in [0.25, 0.3) is 10.9 Å². The molecule has 2 N–H and O–H groups in total. The maximum absolute atomic E-state index is 12.7. The summed E-state index contributed by atoms with van der Waals surface area (Å²) in [6, 6.07) is 13.6. The second-order valence-corrected chi connectivity index (χ2v) is 6.88. The Morgan fingerprint density at radius 1 is 1.16 bits per heavy atom. The third-order valence-corrected chi connectivity index (χ3v) is 5.23. The van der Waals surface area contributed by atoms with Gasteiger partial charge >= 0.3 is 0 Å². The summed E-state index contributed by atoms with van der Waals surface area (Å²) in [7, 11) is 0. The van der Waals surface area contributed by atoms with Crippen molar-refractivity contribution in [3.63, 3.8) is 0 Å². The third kappa shape index (κ3) is 2.88. The van der Waals surface area contributed by atoms with Crippen molar-refractivity contribution in [2.24, 2.45) is 0 Å². The molecule has 1 aliphatic heterocycles. The number of aryl methyl sites for hydroxylation is 1. The number of carbonyl (C=O) groups excluding carboxylic acids is 1. The highest BCUT2D eigenvalue weighted by Gasteiger charge is 2.27. The molecule has 0 atom stereocenters. The summed E-state index contributed by atoms with van der Waals surface area (Å²) in [4.78, 5) is 17.9. The summed E-state index contributed by atoms with van der Waals surface area (Å²) in [6.07, 6.45) is 4.00. The van der Waals surface area contributed by atoms with Crippen LogP contribution in [-0.4, -0.2) is 34.0 Å². The molecule has 128 valence electrons. The van der Waals surface area contributed by atoms with E-state index in [9.17, 15) is 9.90 Å². The maximum Gasteiger partial charge on any atom is 0.257 e. The van der Waals surface area contributed by atoms with Crippen LogP contribution in [0.3, 0.4) is 0 Å². The summed E-state index contributed by atoms with van der Waals surface area (Å²) in [5.74, 6) is 0.463. The Hall–Kier alpha value is -2.75. The van der Waals surface area contributed by atoms with Crippen molar-refractivity contribution in [3.8, 4) is 5.75 Å². The van der Waals surface area contributed by atoms with E-state index in [1.807, 2.05) is 24.0 Å². The number of nitrogens with one attached hydrogen (secondary N) is 1. The van der Waals surface area contributed by atoms with E-state index in [2.05, 4.69) is 29.4 Å². The maximum atomic E-state index is 12.7. The minimum atomic E-state index is -0.0742. The first-order valence-corrected chi connectivity index (χ1v) is 8.78. The monoisotopic (exact) mass is 334 g/mol. The molecule has 1 aromatic heterocycles. The predicted octanol–water partition coefficient (Wildman–Crippen LogP) is 4.20. The van der Waals surface area contributed by atoms with Crippen molar-refractivity contribution in [1.82, 2.24) is 9.88 Å². The highest BCUT2D eigenvalue weighted by molar-refractivity contribution is 5.97. The van der Waals surface area contributed by atoms with Crippen LogP contribution in [0.1, 0.15) is 40.2 Å². The normalized spacial score (nSPS) is 15.6. The predicted molar refractivity (Wildman–Crippen MR) is 99.0 cm³/mol. The fourth-order valence-corrected chi connectivity index (χ4v) is 3.82. The molecular weight excluding hydrogens is 312 g/mol. The van der Waals surface area contributed by atoms with Gasteiger partial charge in [-0.3, -0.25) is 4.79 Å². The molecule has 0 spiro atoms. The summed E-state index contributed by atoms with van der Waals surface area (Å²) in [6.45, 7) is 3.34. The van der Waals surface area contributed by atoms with E-state index in [-0.39, 0.29) is 11.7 Å². The molecule has 1 aliphatic rings. The Labute approximate surface area is 147 Å². The second kappa shape index (κ2) is 6.28. The van der Waals surface area contributed by atoms with E-state index < -0.39 is 0 Å². The molecule has 4 nitrogen and oxygen atoms in total. The molecule has 1 saturated heterocycles. The lowest BCUT2D eigenvalue weighted by Crippen LogP contribution is -2.37. The van der Waals surface area contributed by atoms with Gasteiger partial charge in [-0.1, -0.05) is 24.3 Å². The fraction of sp³-hybridized carbons (Fsp3) is 0.286. The standard InChI is InChI=1S/C21H22N2O2/c1-14-6-7-17(20(24)12-14)21(25)23-10-8-15(9-11-23)18-13-22-19-5-3-2-4-16(18)19/h2-7,12-13,15,22,24H,8-11H2,1H3. The average molecular weight is 334 g/mol. The molecule has 0 unspecified atom stereocenters. The Bertz CT molecular complexity index is 921. The number of phenolic OH excluding ortho intramolecular Hbond substituents is 1. The number of piperidine rings is 1. The van der Waals surface area contributed by atoms with E-state index in [4.69, 9.17) is 0 Å². The minimum absolute atomic E-state index is 0.0729.